The fraction of sp³-hybridized carbons (Fsp3) is 0.333. The Kier molecular flexibility index (Phi) is 5.69. The van der Waals surface area contributed by atoms with Gasteiger partial charge in [-0.05, 0) is 30.7 Å². The van der Waals surface area contributed by atoms with E-state index in [1.165, 1.54) is 16.0 Å². The van der Waals surface area contributed by atoms with Crippen LogP contribution in [0.4, 0.5) is 4.79 Å². The summed E-state index contributed by atoms with van der Waals surface area (Å²) in [6, 6.07) is 12.0. The number of benzene rings is 1. The van der Waals surface area contributed by atoms with Crippen LogP contribution in [0.3, 0.4) is 0 Å². The molecule has 3 heterocycles. The van der Waals surface area contributed by atoms with Crippen LogP contribution in [0.1, 0.15) is 18.2 Å². The van der Waals surface area contributed by atoms with E-state index in [4.69, 9.17) is 4.42 Å². The molecule has 10 heteroatoms. The van der Waals surface area contributed by atoms with Gasteiger partial charge >= 0.3 is 6.03 Å². The molecule has 2 aliphatic heterocycles. The fourth-order valence-electron chi connectivity index (χ4n) is 3.70. The second kappa shape index (κ2) is 8.29. The molecule has 4 rings (SSSR count). The summed E-state index contributed by atoms with van der Waals surface area (Å²) in [6.45, 7) is 3.07. The molecule has 164 valence electrons. The van der Waals surface area contributed by atoms with Gasteiger partial charge in [0.1, 0.15) is 5.76 Å². The molecule has 2 aliphatic rings. The SMILES string of the molecule is CC1(c2ccco2)NC(=O)N(CN2CCN(S(=O)(=O)C=Cc3ccccc3)CC2)C1=O. The van der Waals surface area contributed by atoms with Gasteiger partial charge in [-0.3, -0.25) is 9.69 Å². The van der Waals surface area contributed by atoms with Crippen LogP contribution in [-0.2, 0) is 20.4 Å². The Morgan fingerprint density at radius 3 is 2.42 bits per heavy atom. The summed E-state index contributed by atoms with van der Waals surface area (Å²) in [5.41, 5.74) is -0.434. The highest BCUT2D eigenvalue weighted by Gasteiger charge is 2.51. The van der Waals surface area contributed by atoms with Crippen LogP contribution in [0.25, 0.3) is 6.08 Å². The number of sulfonamides is 1. The number of nitrogens with one attached hydrogen (secondary N) is 1. The van der Waals surface area contributed by atoms with Gasteiger partial charge < -0.3 is 9.73 Å². The average Bonchev–Trinajstić information content (AvgIpc) is 3.38. The third-order valence-corrected chi connectivity index (χ3v) is 7.12. The number of piperazine rings is 1. The van der Waals surface area contributed by atoms with Gasteiger partial charge in [-0.25, -0.2) is 18.1 Å². The number of imide groups is 1. The third kappa shape index (κ3) is 4.27. The van der Waals surface area contributed by atoms with Crippen LogP contribution in [0.15, 0.2) is 58.6 Å². The van der Waals surface area contributed by atoms with Crippen LogP contribution in [-0.4, -0.2) is 67.3 Å². The van der Waals surface area contributed by atoms with Crippen molar-refractivity contribution < 1.29 is 22.4 Å². The van der Waals surface area contributed by atoms with E-state index in [-0.39, 0.29) is 19.8 Å². The zero-order chi connectivity index (χ0) is 22.1. The number of amides is 3. The van der Waals surface area contributed by atoms with Gasteiger partial charge in [0.15, 0.2) is 5.54 Å². The zero-order valence-electron chi connectivity index (χ0n) is 17.1. The van der Waals surface area contributed by atoms with Crippen molar-refractivity contribution in [2.75, 3.05) is 32.8 Å². The normalized spacial score (nSPS) is 23.6. The van der Waals surface area contributed by atoms with E-state index in [0.717, 1.165) is 10.5 Å². The number of furan rings is 1. The van der Waals surface area contributed by atoms with E-state index in [1.807, 2.05) is 35.2 Å². The number of urea groups is 1. The molecule has 9 nitrogen and oxygen atoms in total. The first kappa shape index (κ1) is 21.3. The van der Waals surface area contributed by atoms with Gasteiger partial charge in [-0.2, -0.15) is 4.31 Å². The standard InChI is InChI=1S/C21H24N4O5S/c1-21(18-8-5-14-30-18)19(26)25(20(27)22-21)16-23-10-12-24(13-11-23)31(28,29)15-9-17-6-3-2-4-7-17/h2-9,14-15H,10-13,16H2,1H3,(H,22,27). The summed E-state index contributed by atoms with van der Waals surface area (Å²) in [4.78, 5) is 28.3. The maximum absolute atomic E-state index is 12.9. The lowest BCUT2D eigenvalue weighted by Crippen LogP contribution is -2.52. The minimum absolute atomic E-state index is 0.0920. The predicted molar refractivity (Wildman–Crippen MR) is 114 cm³/mol. The molecule has 0 bridgehead atoms. The molecule has 1 aromatic heterocycles. The molecule has 1 aromatic carbocycles. The van der Waals surface area contributed by atoms with Crippen molar-refractivity contribution in [1.29, 1.82) is 0 Å². The first-order chi connectivity index (χ1) is 14.8. The largest absolute Gasteiger partial charge is 0.466 e. The molecule has 0 saturated carbocycles. The van der Waals surface area contributed by atoms with Crippen LogP contribution < -0.4 is 5.32 Å². The smallest absolute Gasteiger partial charge is 0.326 e. The average molecular weight is 445 g/mol. The molecule has 0 radical (unpaired) electrons. The molecule has 1 N–H and O–H groups in total. The van der Waals surface area contributed by atoms with Crippen molar-refractivity contribution in [2.24, 2.45) is 0 Å². The van der Waals surface area contributed by atoms with Crippen LogP contribution >= 0.6 is 0 Å². The quantitative estimate of drug-likeness (QED) is 0.680. The molecule has 2 aromatic rings. The number of rotatable bonds is 6. The fourth-order valence-corrected chi connectivity index (χ4v) is 4.87. The van der Waals surface area contributed by atoms with Gasteiger partial charge in [0.2, 0.25) is 10.0 Å². The van der Waals surface area contributed by atoms with Crippen molar-refractivity contribution >= 4 is 28.0 Å². The topological polar surface area (TPSA) is 103 Å². The Labute approximate surface area is 181 Å². The lowest BCUT2D eigenvalue weighted by Gasteiger charge is -2.34. The van der Waals surface area contributed by atoms with Crippen molar-refractivity contribution in [2.45, 2.75) is 12.5 Å². The second-order valence-corrected chi connectivity index (χ2v) is 9.50. The second-order valence-electron chi connectivity index (χ2n) is 7.68. The summed E-state index contributed by atoms with van der Waals surface area (Å²) in [7, 11) is -3.55. The summed E-state index contributed by atoms with van der Waals surface area (Å²) in [5, 5.41) is 3.90. The van der Waals surface area contributed by atoms with Crippen LogP contribution in [0, 0.1) is 0 Å². The minimum Gasteiger partial charge on any atom is -0.466 e. The Morgan fingerprint density at radius 1 is 1.06 bits per heavy atom. The molecule has 3 amide bonds. The van der Waals surface area contributed by atoms with E-state index in [1.54, 1.807) is 25.1 Å². The first-order valence-electron chi connectivity index (χ1n) is 9.93. The summed E-state index contributed by atoms with van der Waals surface area (Å²) < 4.78 is 32.0. The Morgan fingerprint density at radius 2 is 1.77 bits per heavy atom. The van der Waals surface area contributed by atoms with Gasteiger partial charge in [-0.15, -0.1) is 0 Å². The monoisotopic (exact) mass is 444 g/mol. The lowest BCUT2D eigenvalue weighted by molar-refractivity contribution is -0.133. The van der Waals surface area contributed by atoms with Crippen molar-refractivity contribution in [1.82, 2.24) is 19.4 Å². The van der Waals surface area contributed by atoms with E-state index in [2.05, 4.69) is 5.32 Å². The van der Waals surface area contributed by atoms with Gasteiger partial charge in [0, 0.05) is 31.6 Å². The number of nitrogens with zero attached hydrogens (tertiary/aromatic N) is 3. The van der Waals surface area contributed by atoms with Crippen molar-refractivity contribution in [3.05, 3.63) is 65.5 Å². The van der Waals surface area contributed by atoms with E-state index in [0.29, 0.717) is 18.8 Å². The Bertz CT molecular complexity index is 1080. The highest BCUT2D eigenvalue weighted by molar-refractivity contribution is 7.92. The zero-order valence-corrected chi connectivity index (χ0v) is 17.9. The lowest BCUT2D eigenvalue weighted by atomic mass is 9.99. The Hall–Kier alpha value is -2.95. The predicted octanol–water partition coefficient (Wildman–Crippen LogP) is 1.62. The number of carbonyl (C=O) groups excluding carboxylic acids is 2. The van der Waals surface area contributed by atoms with E-state index < -0.39 is 27.5 Å². The van der Waals surface area contributed by atoms with Gasteiger partial charge in [0.25, 0.3) is 5.91 Å². The number of hydrogen-bond donors (Lipinski definition) is 1. The van der Waals surface area contributed by atoms with Crippen molar-refractivity contribution in [3.8, 4) is 0 Å². The molecule has 1 atom stereocenters. The maximum atomic E-state index is 12.9. The first-order valence-corrected chi connectivity index (χ1v) is 11.4. The Balaban J connectivity index is 1.36. The molecular formula is C21H24N4O5S. The highest BCUT2D eigenvalue weighted by Crippen LogP contribution is 2.29. The van der Waals surface area contributed by atoms with E-state index >= 15 is 0 Å². The molecule has 0 aliphatic carbocycles. The van der Waals surface area contributed by atoms with Crippen molar-refractivity contribution in [3.63, 3.8) is 0 Å². The molecule has 0 spiro atoms. The highest BCUT2D eigenvalue weighted by atomic mass is 32.2. The molecule has 1 unspecified atom stereocenters. The molecule has 31 heavy (non-hydrogen) atoms. The molecule has 2 fully saturated rings. The maximum Gasteiger partial charge on any atom is 0.326 e. The summed E-state index contributed by atoms with van der Waals surface area (Å²) >= 11 is 0. The third-order valence-electron chi connectivity index (χ3n) is 5.55. The summed E-state index contributed by atoms with van der Waals surface area (Å²) in [5.74, 6) is -0.0252. The molecule has 2 saturated heterocycles. The van der Waals surface area contributed by atoms with Gasteiger partial charge in [0.05, 0.1) is 12.9 Å². The molecular weight excluding hydrogens is 420 g/mol. The number of carbonyl (C=O) groups is 2. The van der Waals surface area contributed by atoms with Crippen LogP contribution in [0.5, 0.6) is 0 Å². The van der Waals surface area contributed by atoms with Gasteiger partial charge in [-0.1, -0.05) is 30.3 Å². The van der Waals surface area contributed by atoms with Crippen LogP contribution in [0.2, 0.25) is 0 Å². The van der Waals surface area contributed by atoms with E-state index in [9.17, 15) is 18.0 Å². The summed E-state index contributed by atoms with van der Waals surface area (Å²) in [6.07, 6.45) is 3.03. The minimum atomic E-state index is -3.55. The number of hydrogen-bond acceptors (Lipinski definition) is 6.